The zero-order valence-corrected chi connectivity index (χ0v) is 11.9. The normalized spacial score (nSPS) is 12.8. The molecule has 0 aliphatic heterocycles. The van der Waals surface area contributed by atoms with Crippen molar-refractivity contribution in [3.05, 3.63) is 24.3 Å². The van der Waals surface area contributed by atoms with E-state index in [1.165, 1.54) is 0 Å². The molecule has 1 amide bonds. The van der Waals surface area contributed by atoms with Gasteiger partial charge in [0.2, 0.25) is 6.41 Å². The Hall–Kier alpha value is -1.75. The molecule has 0 heterocycles. The number of likely N-dealkylation sites (N-methyl/N-ethyl adjacent to an activating group) is 1. The number of hydrogen-bond donors (Lipinski definition) is 2. The fourth-order valence-corrected chi connectivity index (χ4v) is 1.74. The summed E-state index contributed by atoms with van der Waals surface area (Å²) in [5, 5.41) is 2.69. The second-order valence-corrected chi connectivity index (χ2v) is 5.27. The Morgan fingerprint density at radius 1 is 1.37 bits per heavy atom. The summed E-state index contributed by atoms with van der Waals surface area (Å²) in [5.74, 6) is 0.767. The van der Waals surface area contributed by atoms with E-state index in [0.29, 0.717) is 18.6 Å². The van der Waals surface area contributed by atoms with Crippen LogP contribution in [-0.2, 0) is 4.79 Å². The first kappa shape index (κ1) is 15.3. The molecule has 0 radical (unpaired) electrons. The minimum absolute atomic E-state index is 0.0659. The number of ether oxygens (including phenoxy) is 1. The first-order valence-corrected chi connectivity index (χ1v) is 6.48. The number of nitrogens with two attached hydrogens (primary N) is 1. The lowest BCUT2D eigenvalue weighted by Crippen LogP contribution is -2.49. The minimum atomic E-state index is -0.0659. The summed E-state index contributed by atoms with van der Waals surface area (Å²) < 4.78 is 6.75. The molecule has 1 rings (SSSR count). The van der Waals surface area contributed by atoms with Crippen molar-refractivity contribution >= 4 is 12.1 Å². The van der Waals surface area contributed by atoms with Gasteiger partial charge in [0.1, 0.15) is 12.3 Å². The Kier molecular flexibility index (Phi) is 5.63. The number of hydrogen-bond acceptors (Lipinski definition) is 3. The average molecular weight is 266 g/mol. The first-order valence-electron chi connectivity index (χ1n) is 6.48. The third-order valence-electron chi connectivity index (χ3n) is 3.17. The van der Waals surface area contributed by atoms with Crippen molar-refractivity contribution in [3.63, 3.8) is 0 Å². The van der Waals surface area contributed by atoms with Gasteiger partial charge in [-0.05, 0) is 31.2 Å². The highest BCUT2D eigenvalue weighted by Gasteiger charge is 2.21. The Balaban J connectivity index is 2.68. The van der Waals surface area contributed by atoms with Crippen LogP contribution in [0.15, 0.2) is 24.3 Å². The highest BCUT2D eigenvalue weighted by atomic mass is 16.5. The zero-order chi connectivity index (χ0) is 14.3. The Bertz CT molecular complexity index is 390. The van der Waals surface area contributed by atoms with Crippen LogP contribution in [0.25, 0.3) is 0 Å². The van der Waals surface area contributed by atoms with Gasteiger partial charge in [-0.25, -0.2) is 0 Å². The van der Waals surface area contributed by atoms with Gasteiger partial charge in [0, 0.05) is 5.69 Å². The lowest BCUT2D eigenvalue weighted by molar-refractivity contribution is -0.891. The molecule has 5 nitrogen and oxygen atoms in total. The Labute approximate surface area is 114 Å². The molecule has 0 bridgehead atoms. The van der Waals surface area contributed by atoms with Crippen LogP contribution in [0.5, 0.6) is 5.75 Å². The molecule has 3 N–H and O–H groups in total. The lowest BCUT2D eigenvalue weighted by Gasteiger charge is -2.32. The van der Waals surface area contributed by atoms with E-state index in [9.17, 15) is 4.79 Å². The molecule has 0 saturated heterocycles. The molecule has 0 aliphatic rings. The topological polar surface area (TPSA) is 64.3 Å². The highest BCUT2D eigenvalue weighted by molar-refractivity contribution is 5.46. The fourth-order valence-electron chi connectivity index (χ4n) is 1.74. The van der Waals surface area contributed by atoms with Crippen molar-refractivity contribution in [1.29, 1.82) is 0 Å². The fraction of sp³-hybridized carbons (Fsp3) is 0.500. The van der Waals surface area contributed by atoms with Crippen LogP contribution < -0.4 is 15.8 Å². The molecule has 0 aromatic heterocycles. The maximum absolute atomic E-state index is 10.5. The van der Waals surface area contributed by atoms with Crippen molar-refractivity contribution in [3.8, 4) is 5.75 Å². The second-order valence-electron chi connectivity index (χ2n) is 5.27. The van der Waals surface area contributed by atoms with Gasteiger partial charge in [0.05, 0.1) is 27.2 Å². The number of carbonyl (C=O) groups is 1. The molecule has 0 spiro atoms. The summed E-state index contributed by atoms with van der Waals surface area (Å²) in [6, 6.07) is 7.29. The number of nitrogen functional groups attached to an aromatic ring is 1. The lowest BCUT2D eigenvalue weighted by atomic mass is 10.2. The Morgan fingerprint density at radius 2 is 2.00 bits per heavy atom. The molecule has 1 aromatic carbocycles. The van der Waals surface area contributed by atoms with E-state index in [-0.39, 0.29) is 6.10 Å². The van der Waals surface area contributed by atoms with Crippen molar-refractivity contribution in [1.82, 2.24) is 5.32 Å². The molecule has 0 aliphatic carbocycles. The van der Waals surface area contributed by atoms with Crippen LogP contribution in [0.4, 0.5) is 5.69 Å². The first-order chi connectivity index (χ1) is 8.96. The van der Waals surface area contributed by atoms with Crippen LogP contribution in [0.1, 0.15) is 6.92 Å². The number of rotatable bonds is 8. The molecule has 106 valence electrons. The van der Waals surface area contributed by atoms with Crippen LogP contribution >= 0.6 is 0 Å². The van der Waals surface area contributed by atoms with Gasteiger partial charge in [0.25, 0.3) is 0 Å². The zero-order valence-electron chi connectivity index (χ0n) is 11.9. The maximum atomic E-state index is 10.5. The van der Waals surface area contributed by atoms with E-state index in [2.05, 4.69) is 26.3 Å². The quantitative estimate of drug-likeness (QED) is 0.417. The summed E-state index contributed by atoms with van der Waals surface area (Å²) >= 11 is 0. The molecule has 0 fully saturated rings. The summed E-state index contributed by atoms with van der Waals surface area (Å²) in [4.78, 5) is 10.5. The molecule has 5 heteroatoms. The Morgan fingerprint density at radius 3 is 2.53 bits per heavy atom. The SMILES string of the molecule is CC[N+](C)(C)CC(CNC=O)Oc1ccc(N)cc1. The number of benzene rings is 1. The smallest absolute Gasteiger partial charge is 0.207 e. The predicted octanol–water partition coefficient (Wildman–Crippen LogP) is 0.859. The van der Waals surface area contributed by atoms with Gasteiger partial charge in [-0.1, -0.05) is 0 Å². The third-order valence-corrected chi connectivity index (χ3v) is 3.17. The summed E-state index contributed by atoms with van der Waals surface area (Å²) in [6.07, 6.45) is 0.634. The standard InChI is InChI=1S/C14H23N3O2/c1-4-17(2,3)10-14(9-16-11-18)19-13-7-5-12(15)6-8-13/h5-8,11,14H,4,9-10,15H2,1-3H3/p+1. The van der Waals surface area contributed by atoms with Crippen LogP contribution in [-0.4, -0.2) is 50.7 Å². The van der Waals surface area contributed by atoms with E-state index in [4.69, 9.17) is 10.5 Å². The number of quaternary nitrogens is 1. The summed E-state index contributed by atoms with van der Waals surface area (Å²) in [5.41, 5.74) is 6.35. The van der Waals surface area contributed by atoms with Crippen molar-refractivity contribution in [2.45, 2.75) is 13.0 Å². The van der Waals surface area contributed by atoms with Crippen molar-refractivity contribution in [2.24, 2.45) is 0 Å². The number of carbonyl (C=O) groups excluding carboxylic acids is 1. The monoisotopic (exact) mass is 266 g/mol. The third kappa shape index (κ3) is 5.61. The number of nitrogens with zero attached hydrogens (tertiary/aromatic N) is 1. The molecular formula is C14H24N3O2+. The van der Waals surface area contributed by atoms with E-state index in [0.717, 1.165) is 23.3 Å². The number of anilines is 1. The maximum Gasteiger partial charge on any atom is 0.207 e. The number of nitrogens with one attached hydrogen (secondary N) is 1. The summed E-state index contributed by atoms with van der Waals surface area (Å²) in [6.45, 7) is 4.45. The summed E-state index contributed by atoms with van der Waals surface area (Å²) in [7, 11) is 4.28. The second kappa shape index (κ2) is 6.99. The van der Waals surface area contributed by atoms with E-state index < -0.39 is 0 Å². The van der Waals surface area contributed by atoms with Gasteiger partial charge in [0.15, 0.2) is 6.10 Å². The molecule has 1 unspecified atom stereocenters. The average Bonchev–Trinajstić information content (AvgIpc) is 2.38. The van der Waals surface area contributed by atoms with Gasteiger partial charge < -0.3 is 20.3 Å². The van der Waals surface area contributed by atoms with E-state index in [1.54, 1.807) is 12.1 Å². The van der Waals surface area contributed by atoms with E-state index >= 15 is 0 Å². The van der Waals surface area contributed by atoms with Gasteiger partial charge in [-0.3, -0.25) is 4.79 Å². The molecular weight excluding hydrogens is 242 g/mol. The molecule has 1 aromatic rings. The van der Waals surface area contributed by atoms with Crippen LogP contribution in [0.3, 0.4) is 0 Å². The molecule has 1 atom stereocenters. The molecule has 19 heavy (non-hydrogen) atoms. The van der Waals surface area contributed by atoms with Crippen molar-refractivity contribution in [2.75, 3.05) is 39.5 Å². The highest BCUT2D eigenvalue weighted by Crippen LogP contribution is 2.15. The number of amides is 1. The van der Waals surface area contributed by atoms with Crippen LogP contribution in [0, 0.1) is 0 Å². The van der Waals surface area contributed by atoms with Gasteiger partial charge in [-0.15, -0.1) is 0 Å². The largest absolute Gasteiger partial charge is 0.483 e. The van der Waals surface area contributed by atoms with Gasteiger partial charge in [-0.2, -0.15) is 0 Å². The van der Waals surface area contributed by atoms with E-state index in [1.807, 2.05) is 12.1 Å². The van der Waals surface area contributed by atoms with Gasteiger partial charge >= 0.3 is 0 Å². The molecule has 0 saturated carbocycles. The van der Waals surface area contributed by atoms with Crippen molar-refractivity contribution < 1.29 is 14.0 Å². The predicted molar refractivity (Wildman–Crippen MR) is 76.9 cm³/mol. The van der Waals surface area contributed by atoms with Crippen LogP contribution in [0.2, 0.25) is 0 Å². The minimum Gasteiger partial charge on any atom is -0.483 e.